The van der Waals surface area contributed by atoms with Gasteiger partial charge in [-0.25, -0.2) is 0 Å². The van der Waals surface area contributed by atoms with Crippen LogP contribution in [0, 0.1) is 0 Å². The lowest BCUT2D eigenvalue weighted by Crippen LogP contribution is -2.36. The first-order valence-corrected chi connectivity index (χ1v) is 3.23. The Kier molecular flexibility index (Phi) is 2.25. The average Bonchev–Trinajstić information content (AvgIpc) is 1.94. The third-order valence-electron chi connectivity index (χ3n) is 1.34. The summed E-state index contributed by atoms with van der Waals surface area (Å²) in [7, 11) is 1.44. The van der Waals surface area contributed by atoms with Gasteiger partial charge in [-0.1, -0.05) is 5.16 Å². The number of carbonyl (C=O) groups excluding carboxylic acids is 1. The molecule has 0 atom stereocenters. The van der Waals surface area contributed by atoms with E-state index < -0.39 is 0 Å². The molecule has 1 saturated heterocycles. The maximum absolute atomic E-state index is 10.9. The molecule has 56 valence electrons. The molecule has 0 aromatic heterocycles. The van der Waals surface area contributed by atoms with E-state index in [0.29, 0.717) is 5.71 Å². The molecule has 0 spiro atoms. The molecule has 1 aliphatic heterocycles. The Labute approximate surface area is 59.2 Å². The second kappa shape index (κ2) is 3.20. The Hall–Kier alpha value is -1.06. The minimum absolute atomic E-state index is 0.104. The number of rotatable bonds is 1. The van der Waals surface area contributed by atoms with E-state index in [2.05, 4.69) is 15.3 Å². The normalized spacial score (nSPS) is 22.5. The summed E-state index contributed by atoms with van der Waals surface area (Å²) >= 11 is 0. The second-order valence-corrected chi connectivity index (χ2v) is 2.08. The number of carbonyl (C=O) groups is 1. The lowest BCUT2D eigenvalue weighted by atomic mass is 10.1. The number of hydrogen-bond donors (Lipinski definition) is 1. The Morgan fingerprint density at radius 1 is 1.70 bits per heavy atom. The van der Waals surface area contributed by atoms with Gasteiger partial charge in [-0.3, -0.25) is 4.79 Å². The fourth-order valence-electron chi connectivity index (χ4n) is 0.871. The monoisotopic (exact) mass is 142 g/mol. The number of hydrogen-bond acceptors (Lipinski definition) is 3. The van der Waals surface area contributed by atoms with Crippen molar-refractivity contribution in [3.8, 4) is 0 Å². The highest BCUT2D eigenvalue weighted by Gasteiger charge is 2.15. The summed E-state index contributed by atoms with van der Waals surface area (Å²) in [6, 6.07) is 0. The van der Waals surface area contributed by atoms with E-state index in [1.165, 1.54) is 7.11 Å². The van der Waals surface area contributed by atoms with Crippen molar-refractivity contribution in [3.05, 3.63) is 0 Å². The van der Waals surface area contributed by atoms with Crippen molar-refractivity contribution in [1.82, 2.24) is 5.32 Å². The fourth-order valence-corrected chi connectivity index (χ4v) is 0.871. The van der Waals surface area contributed by atoms with Gasteiger partial charge in [0.2, 0.25) is 0 Å². The maximum atomic E-state index is 10.9. The lowest BCUT2D eigenvalue weighted by Gasteiger charge is -2.11. The molecule has 0 saturated carbocycles. The molecular formula is C6H10N2O2. The number of nitrogens with zero attached hydrogens (tertiary/aromatic N) is 1. The first-order valence-electron chi connectivity index (χ1n) is 3.23. The Morgan fingerprint density at radius 3 is 3.10 bits per heavy atom. The van der Waals surface area contributed by atoms with Gasteiger partial charge in [-0.2, -0.15) is 0 Å². The van der Waals surface area contributed by atoms with Gasteiger partial charge < -0.3 is 10.2 Å². The predicted molar refractivity (Wildman–Crippen MR) is 36.7 cm³/mol. The molecule has 1 heterocycles. The molecule has 0 aromatic carbocycles. The van der Waals surface area contributed by atoms with E-state index in [0.717, 1.165) is 19.4 Å². The lowest BCUT2D eigenvalue weighted by molar-refractivity contribution is -0.115. The highest BCUT2D eigenvalue weighted by Crippen LogP contribution is 1.98. The van der Waals surface area contributed by atoms with Crippen LogP contribution in [0.4, 0.5) is 0 Å². The van der Waals surface area contributed by atoms with E-state index in [1.807, 2.05) is 0 Å². The molecule has 0 aromatic rings. The van der Waals surface area contributed by atoms with E-state index in [-0.39, 0.29) is 5.91 Å². The summed E-state index contributed by atoms with van der Waals surface area (Å²) in [6.07, 6.45) is 1.67. The number of nitrogens with one attached hydrogen (secondary N) is 1. The molecule has 0 bridgehead atoms. The van der Waals surface area contributed by atoms with Gasteiger partial charge in [-0.15, -0.1) is 0 Å². The van der Waals surface area contributed by atoms with Crippen LogP contribution in [0.25, 0.3) is 0 Å². The molecule has 1 fully saturated rings. The quantitative estimate of drug-likeness (QED) is 0.520. The first-order chi connectivity index (χ1) is 4.84. The van der Waals surface area contributed by atoms with Gasteiger partial charge in [0.25, 0.3) is 5.91 Å². The molecule has 0 radical (unpaired) electrons. The molecule has 0 aliphatic carbocycles. The van der Waals surface area contributed by atoms with E-state index >= 15 is 0 Å². The summed E-state index contributed by atoms with van der Waals surface area (Å²) in [5.74, 6) is -0.104. The van der Waals surface area contributed by atoms with Crippen LogP contribution < -0.4 is 5.32 Å². The molecule has 1 N–H and O–H groups in total. The SMILES string of the molecule is CON=C1CCCNC1=O. The van der Waals surface area contributed by atoms with Crippen molar-refractivity contribution in [1.29, 1.82) is 0 Å². The van der Waals surface area contributed by atoms with E-state index in [4.69, 9.17) is 0 Å². The van der Waals surface area contributed by atoms with Gasteiger partial charge >= 0.3 is 0 Å². The van der Waals surface area contributed by atoms with Crippen LogP contribution in [0.1, 0.15) is 12.8 Å². The second-order valence-electron chi connectivity index (χ2n) is 2.08. The van der Waals surface area contributed by atoms with Crippen molar-refractivity contribution in [2.24, 2.45) is 5.16 Å². The molecule has 4 nitrogen and oxygen atoms in total. The molecule has 0 unspecified atom stereocenters. The van der Waals surface area contributed by atoms with Crippen molar-refractivity contribution >= 4 is 11.6 Å². The van der Waals surface area contributed by atoms with Gasteiger partial charge in [0, 0.05) is 13.0 Å². The third-order valence-corrected chi connectivity index (χ3v) is 1.34. The third kappa shape index (κ3) is 1.46. The van der Waals surface area contributed by atoms with Crippen molar-refractivity contribution in [2.75, 3.05) is 13.7 Å². The number of piperidine rings is 1. The largest absolute Gasteiger partial charge is 0.399 e. The minimum Gasteiger partial charge on any atom is -0.399 e. The standard InChI is InChI=1S/C6H10N2O2/c1-10-8-5-3-2-4-7-6(5)9/h2-4H2,1H3,(H,7,9). The van der Waals surface area contributed by atoms with E-state index in [1.54, 1.807) is 0 Å². The average molecular weight is 142 g/mol. The van der Waals surface area contributed by atoms with Crippen molar-refractivity contribution in [3.63, 3.8) is 0 Å². The molecular weight excluding hydrogens is 132 g/mol. The highest BCUT2D eigenvalue weighted by molar-refractivity contribution is 6.39. The molecule has 1 amide bonds. The van der Waals surface area contributed by atoms with Gasteiger partial charge in [-0.05, 0) is 6.42 Å². The Morgan fingerprint density at radius 2 is 2.50 bits per heavy atom. The van der Waals surface area contributed by atoms with Crippen molar-refractivity contribution < 1.29 is 9.63 Å². The van der Waals surface area contributed by atoms with Crippen LogP contribution in [0.2, 0.25) is 0 Å². The zero-order chi connectivity index (χ0) is 7.40. The van der Waals surface area contributed by atoms with E-state index in [9.17, 15) is 4.79 Å². The Balaban J connectivity index is 2.56. The summed E-state index contributed by atoms with van der Waals surface area (Å²) < 4.78 is 0. The fraction of sp³-hybridized carbons (Fsp3) is 0.667. The molecule has 4 heteroatoms. The van der Waals surface area contributed by atoms with Crippen LogP contribution in [-0.2, 0) is 9.63 Å². The van der Waals surface area contributed by atoms with Crippen LogP contribution in [0.5, 0.6) is 0 Å². The Bertz CT molecular complexity index is 165. The summed E-state index contributed by atoms with van der Waals surface area (Å²) in [5.41, 5.74) is 0.494. The highest BCUT2D eigenvalue weighted by atomic mass is 16.6. The molecule has 1 aliphatic rings. The topological polar surface area (TPSA) is 50.7 Å². The van der Waals surface area contributed by atoms with Gasteiger partial charge in [0.05, 0.1) is 0 Å². The molecule has 10 heavy (non-hydrogen) atoms. The van der Waals surface area contributed by atoms with Gasteiger partial charge in [0.15, 0.2) is 0 Å². The molecule has 1 rings (SSSR count). The predicted octanol–water partition coefficient (Wildman–Crippen LogP) is -0.101. The van der Waals surface area contributed by atoms with Crippen LogP contribution in [0.15, 0.2) is 5.16 Å². The summed E-state index contributed by atoms with van der Waals surface area (Å²) in [4.78, 5) is 15.3. The summed E-state index contributed by atoms with van der Waals surface area (Å²) in [6.45, 7) is 0.752. The van der Waals surface area contributed by atoms with Gasteiger partial charge in [0.1, 0.15) is 12.8 Å². The smallest absolute Gasteiger partial charge is 0.269 e. The van der Waals surface area contributed by atoms with Crippen LogP contribution in [-0.4, -0.2) is 25.3 Å². The number of amides is 1. The first kappa shape index (κ1) is 7.05. The summed E-state index contributed by atoms with van der Waals surface area (Å²) in [5, 5.41) is 6.24. The van der Waals surface area contributed by atoms with Crippen LogP contribution in [0.3, 0.4) is 0 Å². The zero-order valence-corrected chi connectivity index (χ0v) is 5.89. The van der Waals surface area contributed by atoms with Crippen molar-refractivity contribution in [2.45, 2.75) is 12.8 Å². The van der Waals surface area contributed by atoms with Crippen LogP contribution >= 0.6 is 0 Å². The minimum atomic E-state index is -0.104. The number of oxime groups is 1. The maximum Gasteiger partial charge on any atom is 0.269 e. The zero-order valence-electron chi connectivity index (χ0n) is 5.89.